The van der Waals surface area contributed by atoms with Crippen LogP contribution in [0.1, 0.15) is 16.7 Å². The number of ether oxygens (including phenoxy) is 1. The Morgan fingerprint density at radius 2 is 1.19 bits per heavy atom. The minimum atomic E-state index is -0.426. The third-order valence-electron chi connectivity index (χ3n) is 5.45. The first kappa shape index (κ1) is 15.9. The van der Waals surface area contributed by atoms with Crippen molar-refractivity contribution in [3.63, 3.8) is 0 Å². The normalized spacial score (nSPS) is 15.9. The monoisotopic (exact) mass is 352 g/mol. The smallest absolute Gasteiger partial charge is 0.212 e. The summed E-state index contributed by atoms with van der Waals surface area (Å²) in [5, 5.41) is 4.43. The van der Waals surface area contributed by atoms with Crippen molar-refractivity contribution in [3.05, 3.63) is 120 Å². The maximum absolute atomic E-state index is 6.48. The van der Waals surface area contributed by atoms with E-state index in [9.17, 15) is 0 Å². The van der Waals surface area contributed by atoms with E-state index >= 15 is 0 Å². The summed E-state index contributed by atoms with van der Waals surface area (Å²) in [6.07, 6.45) is 1.70. The Morgan fingerprint density at radius 1 is 0.704 bits per heavy atom. The Hall–Kier alpha value is -3.33. The second kappa shape index (κ2) is 6.44. The van der Waals surface area contributed by atoms with Gasteiger partial charge >= 0.3 is 0 Å². The molecule has 0 radical (unpaired) electrons. The molecule has 5 rings (SSSR count). The van der Waals surface area contributed by atoms with Crippen molar-refractivity contribution >= 4 is 0 Å². The molecule has 3 nitrogen and oxygen atoms in total. The molecular weight excluding hydrogens is 332 g/mol. The SMILES string of the molecule is c1ccc(C(c2ccccc2)(c2ccccc2)C2Cn3nccc3O2)cc1. The third-order valence-corrected chi connectivity index (χ3v) is 5.45. The van der Waals surface area contributed by atoms with Crippen molar-refractivity contribution < 1.29 is 4.74 Å². The second-order valence-corrected chi connectivity index (χ2v) is 6.86. The van der Waals surface area contributed by atoms with Crippen molar-refractivity contribution in [2.45, 2.75) is 18.1 Å². The van der Waals surface area contributed by atoms with E-state index in [1.165, 1.54) is 16.7 Å². The average molecular weight is 352 g/mol. The highest BCUT2D eigenvalue weighted by molar-refractivity contribution is 5.52. The summed E-state index contributed by atoms with van der Waals surface area (Å²) < 4.78 is 8.43. The molecule has 0 amide bonds. The predicted molar refractivity (Wildman–Crippen MR) is 106 cm³/mol. The number of hydrogen-bond acceptors (Lipinski definition) is 2. The van der Waals surface area contributed by atoms with Gasteiger partial charge in [0.25, 0.3) is 0 Å². The third kappa shape index (κ3) is 2.47. The van der Waals surface area contributed by atoms with Crippen molar-refractivity contribution in [2.75, 3.05) is 0 Å². The van der Waals surface area contributed by atoms with Crippen molar-refractivity contribution in [1.82, 2.24) is 9.78 Å². The van der Waals surface area contributed by atoms with Gasteiger partial charge in [-0.3, -0.25) is 0 Å². The minimum absolute atomic E-state index is 0.0894. The van der Waals surface area contributed by atoms with Crippen LogP contribution < -0.4 is 4.74 Å². The molecular formula is C24H20N2O. The molecule has 0 saturated heterocycles. The first-order chi connectivity index (χ1) is 13.4. The fourth-order valence-electron chi connectivity index (χ4n) is 4.28. The van der Waals surface area contributed by atoms with Crippen molar-refractivity contribution in [1.29, 1.82) is 0 Å². The maximum atomic E-state index is 6.48. The topological polar surface area (TPSA) is 27.1 Å². The van der Waals surface area contributed by atoms with Gasteiger partial charge in [-0.2, -0.15) is 5.10 Å². The second-order valence-electron chi connectivity index (χ2n) is 6.86. The summed E-state index contributed by atoms with van der Waals surface area (Å²) in [7, 11) is 0. The predicted octanol–water partition coefficient (Wildman–Crippen LogP) is 4.68. The molecule has 2 heterocycles. The zero-order valence-electron chi connectivity index (χ0n) is 14.9. The van der Waals surface area contributed by atoms with Crippen LogP contribution in [-0.2, 0) is 12.0 Å². The summed E-state index contributed by atoms with van der Waals surface area (Å²) in [6.45, 7) is 0.709. The lowest BCUT2D eigenvalue weighted by Crippen LogP contribution is -2.45. The van der Waals surface area contributed by atoms with E-state index in [0.29, 0.717) is 6.54 Å². The number of benzene rings is 3. The quantitative estimate of drug-likeness (QED) is 0.499. The van der Waals surface area contributed by atoms with Crippen LogP contribution in [0, 0.1) is 0 Å². The Morgan fingerprint density at radius 3 is 1.63 bits per heavy atom. The van der Waals surface area contributed by atoms with Crippen LogP contribution >= 0.6 is 0 Å². The molecule has 1 aromatic heterocycles. The summed E-state index contributed by atoms with van der Waals surface area (Å²) in [6, 6.07) is 33.9. The van der Waals surface area contributed by atoms with E-state index in [1.54, 1.807) is 6.20 Å². The zero-order chi connectivity index (χ0) is 18.1. The van der Waals surface area contributed by atoms with Gasteiger partial charge in [0, 0.05) is 6.07 Å². The summed E-state index contributed by atoms with van der Waals surface area (Å²) in [5.41, 5.74) is 3.24. The molecule has 1 atom stereocenters. The van der Waals surface area contributed by atoms with Gasteiger partial charge in [-0.25, -0.2) is 4.68 Å². The lowest BCUT2D eigenvalue weighted by atomic mass is 9.65. The fraction of sp³-hybridized carbons (Fsp3) is 0.125. The van der Waals surface area contributed by atoms with Crippen LogP contribution in [0.2, 0.25) is 0 Å². The van der Waals surface area contributed by atoms with Crippen LogP contribution in [-0.4, -0.2) is 15.9 Å². The number of fused-ring (bicyclic) bond motifs is 1. The number of nitrogens with zero attached hydrogens (tertiary/aromatic N) is 2. The number of hydrogen-bond donors (Lipinski definition) is 0. The molecule has 1 unspecified atom stereocenters. The van der Waals surface area contributed by atoms with Gasteiger partial charge in [0.05, 0.1) is 18.2 Å². The molecule has 27 heavy (non-hydrogen) atoms. The van der Waals surface area contributed by atoms with E-state index < -0.39 is 5.41 Å². The highest BCUT2D eigenvalue weighted by Crippen LogP contribution is 2.45. The summed E-state index contributed by atoms with van der Waals surface area (Å²) in [5.74, 6) is 0.826. The van der Waals surface area contributed by atoms with Gasteiger partial charge in [-0.05, 0) is 16.7 Å². The Bertz CT molecular complexity index is 909. The highest BCUT2D eigenvalue weighted by Gasteiger charge is 2.48. The van der Waals surface area contributed by atoms with Crippen LogP contribution in [0.4, 0.5) is 0 Å². The molecule has 132 valence electrons. The fourth-order valence-corrected chi connectivity index (χ4v) is 4.28. The first-order valence-electron chi connectivity index (χ1n) is 9.24. The maximum Gasteiger partial charge on any atom is 0.212 e. The molecule has 0 fully saturated rings. The molecule has 1 aliphatic heterocycles. The molecule has 3 aromatic carbocycles. The lowest BCUT2D eigenvalue weighted by molar-refractivity contribution is 0.171. The van der Waals surface area contributed by atoms with Gasteiger partial charge < -0.3 is 4.74 Å². The Balaban J connectivity index is 1.79. The largest absolute Gasteiger partial charge is 0.471 e. The highest BCUT2D eigenvalue weighted by atomic mass is 16.5. The number of rotatable bonds is 4. The van der Waals surface area contributed by atoms with Gasteiger partial charge in [-0.1, -0.05) is 91.0 Å². The molecule has 0 bridgehead atoms. The molecule has 0 N–H and O–H groups in total. The van der Waals surface area contributed by atoms with Gasteiger partial charge in [0.1, 0.15) is 6.10 Å². The van der Waals surface area contributed by atoms with E-state index in [2.05, 4.69) is 96.1 Å². The van der Waals surface area contributed by atoms with E-state index in [4.69, 9.17) is 4.74 Å². The molecule has 3 heteroatoms. The lowest BCUT2D eigenvalue weighted by Gasteiger charge is -2.39. The standard InChI is InChI=1S/C24H20N2O/c1-4-10-19(11-5-1)24(20-12-6-2-7-13-20,21-14-8-3-9-15-21)22-18-26-23(27-22)16-17-25-26/h1-17,22H,18H2. The summed E-state index contributed by atoms with van der Waals surface area (Å²) in [4.78, 5) is 0. The average Bonchev–Trinajstić information content (AvgIpc) is 3.34. The Labute approximate surface area is 158 Å². The minimum Gasteiger partial charge on any atom is -0.471 e. The van der Waals surface area contributed by atoms with Crippen molar-refractivity contribution in [2.24, 2.45) is 0 Å². The molecule has 1 aliphatic rings. The van der Waals surface area contributed by atoms with Gasteiger partial charge in [0.2, 0.25) is 5.88 Å². The number of aromatic nitrogens is 2. The van der Waals surface area contributed by atoms with Crippen LogP contribution in [0.3, 0.4) is 0 Å². The molecule has 0 spiro atoms. The molecule has 0 saturated carbocycles. The Kier molecular flexibility index (Phi) is 3.79. The molecule has 0 aliphatic carbocycles. The van der Waals surface area contributed by atoms with E-state index in [0.717, 1.165) is 5.88 Å². The van der Waals surface area contributed by atoms with Crippen LogP contribution in [0.15, 0.2) is 103 Å². The van der Waals surface area contributed by atoms with Gasteiger partial charge in [-0.15, -0.1) is 0 Å². The van der Waals surface area contributed by atoms with E-state index in [1.807, 2.05) is 10.7 Å². The zero-order valence-corrected chi connectivity index (χ0v) is 14.9. The van der Waals surface area contributed by atoms with Gasteiger partial charge in [0.15, 0.2) is 0 Å². The van der Waals surface area contributed by atoms with Crippen molar-refractivity contribution in [3.8, 4) is 5.88 Å². The van der Waals surface area contributed by atoms with E-state index in [-0.39, 0.29) is 6.10 Å². The van der Waals surface area contributed by atoms with Crippen LogP contribution in [0.25, 0.3) is 0 Å². The summed E-state index contributed by atoms with van der Waals surface area (Å²) >= 11 is 0. The van der Waals surface area contributed by atoms with Crippen LogP contribution in [0.5, 0.6) is 5.88 Å². The first-order valence-corrected chi connectivity index (χ1v) is 9.24. The molecule has 4 aromatic rings.